The van der Waals surface area contributed by atoms with Crippen LogP contribution in [0.2, 0.25) is 0 Å². The van der Waals surface area contributed by atoms with Crippen molar-refractivity contribution in [3.63, 3.8) is 0 Å². The van der Waals surface area contributed by atoms with Crippen LogP contribution in [0, 0.1) is 0 Å². The van der Waals surface area contributed by atoms with Crippen molar-refractivity contribution in [1.82, 2.24) is 15.0 Å². The fourth-order valence-electron chi connectivity index (χ4n) is 8.14. The third-order valence-corrected chi connectivity index (χ3v) is 11.0. The van der Waals surface area contributed by atoms with Gasteiger partial charge in [0.2, 0.25) is 0 Å². The Kier molecular flexibility index (Phi) is 7.78. The molecule has 2 heterocycles. The summed E-state index contributed by atoms with van der Waals surface area (Å²) < 4.78 is 6.69. The van der Waals surface area contributed by atoms with Crippen LogP contribution in [0.1, 0.15) is 0 Å². The molecule has 2 aromatic heterocycles. The molecule has 0 fully saturated rings. The maximum atomic E-state index is 6.69. The first-order valence-corrected chi connectivity index (χ1v) is 19.2. The summed E-state index contributed by atoms with van der Waals surface area (Å²) in [5, 5.41) is 6.61. The van der Waals surface area contributed by atoms with E-state index in [1.807, 2.05) is 42.5 Å². The Balaban J connectivity index is 1.08. The van der Waals surface area contributed by atoms with Gasteiger partial charge in [0.15, 0.2) is 17.5 Å². The molecule has 11 aromatic rings. The Morgan fingerprint density at radius 3 is 1.35 bits per heavy atom. The molecule has 11 rings (SSSR count). The number of hydrogen-bond acceptors (Lipinski definition) is 4. The van der Waals surface area contributed by atoms with E-state index in [1.165, 1.54) is 11.1 Å². The Morgan fingerprint density at radius 2 is 0.702 bits per heavy atom. The summed E-state index contributed by atoms with van der Waals surface area (Å²) in [6.45, 7) is 0. The zero-order chi connectivity index (χ0) is 37.7. The van der Waals surface area contributed by atoms with Crippen molar-refractivity contribution in [3.8, 4) is 67.5 Å². The summed E-state index contributed by atoms with van der Waals surface area (Å²) in [7, 11) is 0. The highest BCUT2D eigenvalue weighted by Gasteiger charge is 2.20. The standard InChI is InChI=1S/C53H33N3O/c1-4-14-34(15-5-1)36-24-26-38(27-25-36)52-54-51(37-18-8-3-9-19-37)55-53(56-52)46-31-30-43(40-20-10-11-21-41(40)46)47-33-48-44-29-28-39(35-16-6-2-7-17-35)32-49(44)57-50(48)45-23-13-12-22-42(45)47/h1-33H. The van der Waals surface area contributed by atoms with Gasteiger partial charge >= 0.3 is 0 Å². The average molecular weight is 728 g/mol. The van der Waals surface area contributed by atoms with E-state index < -0.39 is 0 Å². The van der Waals surface area contributed by atoms with Crippen molar-refractivity contribution in [2.45, 2.75) is 0 Å². The van der Waals surface area contributed by atoms with E-state index in [2.05, 4.69) is 158 Å². The number of rotatable bonds is 6. The van der Waals surface area contributed by atoms with Crippen LogP contribution >= 0.6 is 0 Å². The van der Waals surface area contributed by atoms with E-state index in [0.717, 1.165) is 82.4 Å². The van der Waals surface area contributed by atoms with Crippen LogP contribution in [-0.4, -0.2) is 15.0 Å². The second kappa shape index (κ2) is 13.6. The van der Waals surface area contributed by atoms with Crippen molar-refractivity contribution < 1.29 is 4.42 Å². The molecule has 0 aliphatic carbocycles. The van der Waals surface area contributed by atoms with Crippen LogP contribution in [-0.2, 0) is 0 Å². The zero-order valence-electron chi connectivity index (χ0n) is 30.8. The molecule has 0 aliphatic rings. The highest BCUT2D eigenvalue weighted by Crippen LogP contribution is 2.44. The fourth-order valence-corrected chi connectivity index (χ4v) is 8.14. The van der Waals surface area contributed by atoms with Crippen molar-refractivity contribution in [1.29, 1.82) is 0 Å². The Bertz CT molecular complexity index is 3260. The maximum absolute atomic E-state index is 6.69. The number of benzene rings is 9. The third-order valence-electron chi connectivity index (χ3n) is 11.0. The molecule has 9 aromatic carbocycles. The molecule has 0 aliphatic heterocycles. The predicted octanol–water partition coefficient (Wildman–Crippen LogP) is 14.1. The van der Waals surface area contributed by atoms with Crippen LogP contribution < -0.4 is 0 Å². The van der Waals surface area contributed by atoms with Crippen LogP contribution in [0.5, 0.6) is 0 Å². The van der Waals surface area contributed by atoms with Gasteiger partial charge in [0.25, 0.3) is 0 Å². The van der Waals surface area contributed by atoms with Gasteiger partial charge in [-0.2, -0.15) is 0 Å². The summed E-state index contributed by atoms with van der Waals surface area (Å²) in [5.41, 5.74) is 11.5. The number of fused-ring (bicyclic) bond motifs is 6. The van der Waals surface area contributed by atoms with Gasteiger partial charge in [-0.15, -0.1) is 0 Å². The van der Waals surface area contributed by atoms with Crippen LogP contribution in [0.15, 0.2) is 205 Å². The minimum atomic E-state index is 0.629. The van der Waals surface area contributed by atoms with Gasteiger partial charge in [0.05, 0.1) is 0 Å². The molecule has 0 N–H and O–H groups in total. The van der Waals surface area contributed by atoms with Gasteiger partial charge < -0.3 is 4.42 Å². The molecule has 4 heteroatoms. The first-order chi connectivity index (χ1) is 28.2. The summed E-state index contributed by atoms with van der Waals surface area (Å²) in [6, 6.07) is 69.8. The maximum Gasteiger partial charge on any atom is 0.164 e. The minimum absolute atomic E-state index is 0.629. The highest BCUT2D eigenvalue weighted by atomic mass is 16.3. The van der Waals surface area contributed by atoms with E-state index in [-0.39, 0.29) is 0 Å². The SMILES string of the molecule is c1ccc(-c2ccc(-c3nc(-c4ccccc4)nc(-c4ccc(-c5cc6c7ccc(-c8ccccc8)cc7oc6c6ccccc56)c5ccccc45)n3)cc2)cc1. The largest absolute Gasteiger partial charge is 0.455 e. The molecule has 0 unspecified atom stereocenters. The minimum Gasteiger partial charge on any atom is -0.455 e. The van der Waals surface area contributed by atoms with Gasteiger partial charge in [0.1, 0.15) is 11.2 Å². The van der Waals surface area contributed by atoms with Gasteiger partial charge in [-0.1, -0.05) is 176 Å². The second-order valence-corrected chi connectivity index (χ2v) is 14.3. The monoisotopic (exact) mass is 727 g/mol. The molecular formula is C53H33N3O. The predicted molar refractivity (Wildman–Crippen MR) is 235 cm³/mol. The molecule has 57 heavy (non-hydrogen) atoms. The van der Waals surface area contributed by atoms with E-state index >= 15 is 0 Å². The van der Waals surface area contributed by atoms with Crippen LogP contribution in [0.3, 0.4) is 0 Å². The summed E-state index contributed by atoms with van der Waals surface area (Å²) in [5.74, 6) is 1.89. The van der Waals surface area contributed by atoms with Gasteiger partial charge in [-0.05, 0) is 73.8 Å². The molecule has 0 atom stereocenters. The number of furan rings is 1. The van der Waals surface area contributed by atoms with Gasteiger partial charge in [0, 0.05) is 32.8 Å². The smallest absolute Gasteiger partial charge is 0.164 e. The Labute approximate surface area is 329 Å². The molecule has 266 valence electrons. The number of aromatic nitrogens is 3. The average Bonchev–Trinajstić information content (AvgIpc) is 3.67. The normalized spacial score (nSPS) is 11.5. The Hall–Kier alpha value is -7.69. The fraction of sp³-hybridized carbons (Fsp3) is 0. The number of hydrogen-bond donors (Lipinski definition) is 0. The molecule has 0 bridgehead atoms. The van der Waals surface area contributed by atoms with Crippen LogP contribution in [0.4, 0.5) is 0 Å². The molecule has 0 radical (unpaired) electrons. The van der Waals surface area contributed by atoms with Gasteiger partial charge in [-0.3, -0.25) is 0 Å². The molecule has 0 saturated carbocycles. The molecule has 0 spiro atoms. The molecule has 4 nitrogen and oxygen atoms in total. The van der Waals surface area contributed by atoms with Crippen molar-refractivity contribution in [2.75, 3.05) is 0 Å². The number of nitrogens with zero attached hydrogens (tertiary/aromatic N) is 3. The van der Waals surface area contributed by atoms with E-state index in [9.17, 15) is 0 Å². The van der Waals surface area contributed by atoms with E-state index in [4.69, 9.17) is 19.4 Å². The zero-order valence-corrected chi connectivity index (χ0v) is 30.8. The summed E-state index contributed by atoms with van der Waals surface area (Å²) in [6.07, 6.45) is 0. The second-order valence-electron chi connectivity index (χ2n) is 14.3. The molecular weight excluding hydrogens is 695 g/mol. The van der Waals surface area contributed by atoms with Crippen molar-refractivity contribution in [3.05, 3.63) is 200 Å². The topological polar surface area (TPSA) is 51.8 Å². The van der Waals surface area contributed by atoms with Gasteiger partial charge in [-0.25, -0.2) is 15.0 Å². The van der Waals surface area contributed by atoms with Crippen molar-refractivity contribution >= 4 is 43.5 Å². The third kappa shape index (κ3) is 5.74. The summed E-state index contributed by atoms with van der Waals surface area (Å²) >= 11 is 0. The van der Waals surface area contributed by atoms with Crippen molar-refractivity contribution in [2.24, 2.45) is 0 Å². The first kappa shape index (κ1) is 32.7. The lowest BCUT2D eigenvalue weighted by molar-refractivity contribution is 0.673. The van der Waals surface area contributed by atoms with Crippen LogP contribution in [0.25, 0.3) is 111 Å². The van der Waals surface area contributed by atoms with E-state index in [1.54, 1.807) is 0 Å². The lowest BCUT2D eigenvalue weighted by Crippen LogP contribution is -2.01. The van der Waals surface area contributed by atoms with E-state index in [0.29, 0.717) is 17.5 Å². The lowest BCUT2D eigenvalue weighted by atomic mass is 9.90. The summed E-state index contributed by atoms with van der Waals surface area (Å²) in [4.78, 5) is 15.3. The molecule has 0 amide bonds. The molecule has 0 saturated heterocycles. The Morgan fingerprint density at radius 1 is 0.263 bits per heavy atom. The lowest BCUT2D eigenvalue weighted by Gasteiger charge is -2.15. The highest BCUT2D eigenvalue weighted by molar-refractivity contribution is 6.21. The first-order valence-electron chi connectivity index (χ1n) is 19.2. The quantitative estimate of drug-likeness (QED) is 0.171.